The molecule has 0 aliphatic heterocycles. The van der Waals surface area contributed by atoms with Gasteiger partial charge < -0.3 is 5.32 Å². The molecule has 27 heavy (non-hydrogen) atoms. The van der Waals surface area contributed by atoms with Gasteiger partial charge in [0.1, 0.15) is 4.34 Å². The summed E-state index contributed by atoms with van der Waals surface area (Å²) in [6.07, 6.45) is 1.73. The predicted octanol–water partition coefficient (Wildman–Crippen LogP) is 5.54. The van der Waals surface area contributed by atoms with Gasteiger partial charge in [-0.3, -0.25) is 9.78 Å². The molecule has 0 aliphatic rings. The molecule has 0 bridgehead atoms. The number of hydrogen-bond donors (Lipinski definition) is 1. The molecule has 2 aromatic heterocycles. The third kappa shape index (κ3) is 4.18. The van der Waals surface area contributed by atoms with Gasteiger partial charge in [0.15, 0.2) is 0 Å². The van der Waals surface area contributed by atoms with Crippen LogP contribution in [0.15, 0.2) is 70.5 Å². The molecule has 0 saturated heterocycles. The summed E-state index contributed by atoms with van der Waals surface area (Å²) in [5, 5.41) is 6.02. The van der Waals surface area contributed by atoms with Crippen LogP contribution in [0.4, 0.5) is 5.69 Å². The number of para-hydroxylation sites is 1. The van der Waals surface area contributed by atoms with Crippen LogP contribution in [0.1, 0.15) is 21.6 Å². The lowest BCUT2D eigenvalue weighted by Crippen LogP contribution is -2.12. The SMILES string of the molecule is Cc1csc(SCc2ccc(C(=O)Nc3cccc4cccnc34)cc2)n1. The van der Waals surface area contributed by atoms with Crippen LogP contribution in [0.5, 0.6) is 0 Å². The highest BCUT2D eigenvalue weighted by Crippen LogP contribution is 2.26. The number of benzene rings is 2. The Hall–Kier alpha value is -2.70. The van der Waals surface area contributed by atoms with E-state index in [0.29, 0.717) is 5.56 Å². The lowest BCUT2D eigenvalue weighted by Gasteiger charge is -2.08. The molecule has 0 spiro atoms. The summed E-state index contributed by atoms with van der Waals surface area (Å²) in [6.45, 7) is 2.00. The molecule has 0 saturated carbocycles. The number of pyridine rings is 1. The molecule has 0 fully saturated rings. The first-order valence-electron chi connectivity index (χ1n) is 8.48. The standard InChI is InChI=1S/C21H17N3OS2/c1-14-12-26-21(23-14)27-13-15-7-9-17(10-8-15)20(25)24-18-6-2-4-16-5-3-11-22-19(16)18/h2-12H,13H2,1H3,(H,24,25). The molecule has 1 N–H and O–H groups in total. The summed E-state index contributed by atoms with van der Waals surface area (Å²) in [6, 6.07) is 17.3. The van der Waals surface area contributed by atoms with E-state index >= 15 is 0 Å². The van der Waals surface area contributed by atoms with Crippen molar-refractivity contribution >= 4 is 45.6 Å². The number of nitrogens with one attached hydrogen (secondary N) is 1. The molecular formula is C21H17N3OS2. The highest BCUT2D eigenvalue weighted by atomic mass is 32.2. The van der Waals surface area contributed by atoms with Crippen molar-refractivity contribution < 1.29 is 4.79 Å². The number of hydrogen-bond acceptors (Lipinski definition) is 5. The van der Waals surface area contributed by atoms with Crippen molar-refractivity contribution in [2.24, 2.45) is 0 Å². The fourth-order valence-corrected chi connectivity index (χ4v) is 4.50. The zero-order chi connectivity index (χ0) is 18.6. The second-order valence-corrected chi connectivity index (χ2v) is 8.16. The van der Waals surface area contributed by atoms with E-state index in [4.69, 9.17) is 0 Å². The number of nitrogens with zero attached hydrogens (tertiary/aromatic N) is 2. The van der Waals surface area contributed by atoms with Gasteiger partial charge in [-0.15, -0.1) is 11.3 Å². The number of carbonyl (C=O) groups is 1. The van der Waals surface area contributed by atoms with Crippen LogP contribution in [0, 0.1) is 6.92 Å². The largest absolute Gasteiger partial charge is 0.320 e. The van der Waals surface area contributed by atoms with Crippen molar-refractivity contribution in [1.82, 2.24) is 9.97 Å². The number of aryl methyl sites for hydroxylation is 1. The summed E-state index contributed by atoms with van der Waals surface area (Å²) < 4.78 is 1.07. The number of rotatable bonds is 5. The fourth-order valence-electron chi connectivity index (χ4n) is 2.70. The van der Waals surface area contributed by atoms with Gasteiger partial charge in [-0.2, -0.15) is 0 Å². The Balaban J connectivity index is 1.44. The monoisotopic (exact) mass is 391 g/mol. The zero-order valence-corrected chi connectivity index (χ0v) is 16.3. The van der Waals surface area contributed by atoms with Gasteiger partial charge in [-0.25, -0.2) is 4.98 Å². The van der Waals surface area contributed by atoms with Crippen molar-refractivity contribution in [1.29, 1.82) is 0 Å². The van der Waals surface area contributed by atoms with Crippen LogP contribution < -0.4 is 5.32 Å². The van der Waals surface area contributed by atoms with E-state index in [9.17, 15) is 4.79 Å². The van der Waals surface area contributed by atoms with Crippen LogP contribution in [0.25, 0.3) is 10.9 Å². The minimum atomic E-state index is -0.136. The van der Waals surface area contributed by atoms with Crippen LogP contribution in [0.3, 0.4) is 0 Å². The normalized spacial score (nSPS) is 10.9. The summed E-state index contributed by atoms with van der Waals surface area (Å²) in [7, 11) is 0. The number of carbonyl (C=O) groups excluding carboxylic acids is 1. The molecule has 4 rings (SSSR count). The number of anilines is 1. The van der Waals surface area contributed by atoms with E-state index in [1.807, 2.05) is 61.5 Å². The second kappa shape index (κ2) is 7.90. The maximum Gasteiger partial charge on any atom is 0.255 e. The number of aromatic nitrogens is 2. The van der Waals surface area contributed by atoms with E-state index < -0.39 is 0 Å². The van der Waals surface area contributed by atoms with E-state index in [0.717, 1.165) is 37.9 Å². The smallest absolute Gasteiger partial charge is 0.255 e. The highest BCUT2D eigenvalue weighted by Gasteiger charge is 2.09. The summed E-state index contributed by atoms with van der Waals surface area (Å²) in [4.78, 5) is 21.4. The van der Waals surface area contributed by atoms with Gasteiger partial charge in [-0.1, -0.05) is 42.1 Å². The van der Waals surface area contributed by atoms with E-state index in [1.165, 1.54) is 0 Å². The molecule has 6 heteroatoms. The molecule has 2 aromatic carbocycles. The van der Waals surface area contributed by atoms with Crippen LogP contribution >= 0.6 is 23.1 Å². The van der Waals surface area contributed by atoms with Crippen molar-refractivity contribution in [2.45, 2.75) is 17.0 Å². The van der Waals surface area contributed by atoms with Gasteiger partial charge in [0.05, 0.1) is 11.2 Å². The molecule has 2 heterocycles. The topological polar surface area (TPSA) is 54.9 Å². The average Bonchev–Trinajstić information content (AvgIpc) is 3.12. The lowest BCUT2D eigenvalue weighted by molar-refractivity contribution is 0.102. The van der Waals surface area contributed by atoms with Gasteiger partial charge in [0.25, 0.3) is 5.91 Å². The Bertz CT molecular complexity index is 1080. The quantitative estimate of drug-likeness (QED) is 0.454. The molecule has 4 nitrogen and oxygen atoms in total. The first-order chi connectivity index (χ1) is 13.2. The highest BCUT2D eigenvalue weighted by molar-refractivity contribution is 8.00. The van der Waals surface area contributed by atoms with E-state index in [-0.39, 0.29) is 5.91 Å². The Kier molecular flexibility index (Phi) is 5.18. The van der Waals surface area contributed by atoms with Crippen molar-refractivity contribution in [3.63, 3.8) is 0 Å². The molecular weight excluding hydrogens is 374 g/mol. The summed E-state index contributed by atoms with van der Waals surface area (Å²) in [5.74, 6) is 0.699. The minimum absolute atomic E-state index is 0.136. The van der Waals surface area contributed by atoms with Crippen molar-refractivity contribution in [3.8, 4) is 0 Å². The molecule has 1 amide bonds. The van der Waals surface area contributed by atoms with E-state index in [1.54, 1.807) is 29.3 Å². The van der Waals surface area contributed by atoms with Crippen LogP contribution in [0.2, 0.25) is 0 Å². The van der Waals surface area contributed by atoms with Gasteiger partial charge in [0.2, 0.25) is 0 Å². The second-order valence-electron chi connectivity index (χ2n) is 6.08. The number of amides is 1. The van der Waals surface area contributed by atoms with Crippen molar-refractivity contribution in [3.05, 3.63) is 83.0 Å². The van der Waals surface area contributed by atoms with Crippen LogP contribution in [-0.4, -0.2) is 15.9 Å². The number of thiazole rings is 1. The summed E-state index contributed by atoms with van der Waals surface area (Å²) in [5.41, 5.74) is 4.35. The lowest BCUT2D eigenvalue weighted by atomic mass is 10.1. The van der Waals surface area contributed by atoms with Gasteiger partial charge in [-0.05, 0) is 36.8 Å². The zero-order valence-electron chi connectivity index (χ0n) is 14.7. The molecule has 0 aliphatic carbocycles. The summed E-state index contributed by atoms with van der Waals surface area (Å²) >= 11 is 3.37. The predicted molar refractivity (Wildman–Crippen MR) is 113 cm³/mol. The maximum absolute atomic E-state index is 12.6. The Labute approximate surface area is 165 Å². The Morgan fingerprint density at radius 3 is 2.70 bits per heavy atom. The Morgan fingerprint density at radius 2 is 1.93 bits per heavy atom. The first kappa shape index (κ1) is 17.7. The first-order valence-corrected chi connectivity index (χ1v) is 10.3. The third-order valence-corrected chi connectivity index (χ3v) is 6.27. The molecule has 0 radical (unpaired) electrons. The van der Waals surface area contributed by atoms with E-state index in [2.05, 4.69) is 20.7 Å². The average molecular weight is 392 g/mol. The maximum atomic E-state index is 12.6. The number of fused-ring (bicyclic) bond motifs is 1. The third-order valence-electron chi connectivity index (χ3n) is 4.06. The van der Waals surface area contributed by atoms with Gasteiger partial charge in [0, 0.05) is 34.0 Å². The van der Waals surface area contributed by atoms with Crippen molar-refractivity contribution in [2.75, 3.05) is 5.32 Å². The van der Waals surface area contributed by atoms with Crippen LogP contribution in [-0.2, 0) is 5.75 Å². The minimum Gasteiger partial charge on any atom is -0.320 e. The molecule has 134 valence electrons. The van der Waals surface area contributed by atoms with Gasteiger partial charge >= 0.3 is 0 Å². The molecule has 4 aromatic rings. The molecule has 0 atom stereocenters. The fraction of sp³-hybridized carbons (Fsp3) is 0.0952. The number of thioether (sulfide) groups is 1. The Morgan fingerprint density at radius 1 is 1.11 bits per heavy atom. The molecule has 0 unspecified atom stereocenters.